The quantitative estimate of drug-likeness (QED) is 0.740. The summed E-state index contributed by atoms with van der Waals surface area (Å²) in [5.74, 6) is -0.0372. The zero-order valence-corrected chi connectivity index (χ0v) is 14.0. The number of carbonyl (C=O) groups is 2. The van der Waals surface area contributed by atoms with E-state index in [0.717, 1.165) is 19.3 Å². The Balaban J connectivity index is 1.78. The van der Waals surface area contributed by atoms with Crippen LogP contribution in [0, 0.1) is 5.92 Å². The van der Waals surface area contributed by atoms with Crippen molar-refractivity contribution in [3.05, 3.63) is 35.4 Å². The average Bonchev–Trinajstić information content (AvgIpc) is 2.56. The van der Waals surface area contributed by atoms with Gasteiger partial charge in [-0.3, -0.25) is 9.59 Å². The Hall–Kier alpha value is -1.88. The molecule has 1 aliphatic rings. The van der Waals surface area contributed by atoms with Crippen LogP contribution >= 0.6 is 0 Å². The van der Waals surface area contributed by atoms with Crippen LogP contribution in [-0.4, -0.2) is 30.9 Å². The lowest BCUT2D eigenvalue weighted by molar-refractivity contribution is -0.127. The van der Waals surface area contributed by atoms with E-state index in [4.69, 9.17) is 5.73 Å². The van der Waals surface area contributed by atoms with Crippen molar-refractivity contribution in [2.24, 2.45) is 11.7 Å². The molecular formula is C18H27N3O2. The van der Waals surface area contributed by atoms with Crippen molar-refractivity contribution in [1.82, 2.24) is 10.6 Å². The molecule has 0 aromatic heterocycles. The van der Waals surface area contributed by atoms with Gasteiger partial charge in [0.1, 0.15) is 0 Å². The lowest BCUT2D eigenvalue weighted by atomic mass is 9.83. The summed E-state index contributed by atoms with van der Waals surface area (Å²) >= 11 is 0. The Bertz CT molecular complexity index is 557. The van der Waals surface area contributed by atoms with E-state index in [9.17, 15) is 9.59 Å². The summed E-state index contributed by atoms with van der Waals surface area (Å²) in [4.78, 5) is 23.7. The number of carbonyl (C=O) groups excluding carboxylic acids is 2. The van der Waals surface area contributed by atoms with Crippen LogP contribution < -0.4 is 16.4 Å². The van der Waals surface area contributed by atoms with E-state index in [-0.39, 0.29) is 24.3 Å². The lowest BCUT2D eigenvalue weighted by Gasteiger charge is -2.25. The van der Waals surface area contributed by atoms with Crippen molar-refractivity contribution in [2.45, 2.75) is 45.1 Å². The van der Waals surface area contributed by atoms with E-state index >= 15 is 0 Å². The first kappa shape index (κ1) is 17.5. The van der Waals surface area contributed by atoms with Crippen LogP contribution in [0.5, 0.6) is 0 Å². The van der Waals surface area contributed by atoms with E-state index in [1.165, 1.54) is 11.1 Å². The third kappa shape index (κ3) is 4.79. The van der Waals surface area contributed by atoms with Crippen LogP contribution in [-0.2, 0) is 16.0 Å². The summed E-state index contributed by atoms with van der Waals surface area (Å²) in [6.45, 7) is 4.35. The molecule has 2 atom stereocenters. The molecule has 1 unspecified atom stereocenters. The normalized spacial score (nSPS) is 18.2. The summed E-state index contributed by atoms with van der Waals surface area (Å²) in [5, 5.41) is 5.52. The van der Waals surface area contributed by atoms with Gasteiger partial charge in [0.05, 0.1) is 12.6 Å². The van der Waals surface area contributed by atoms with Crippen LogP contribution in [0.15, 0.2) is 24.3 Å². The van der Waals surface area contributed by atoms with Crippen LogP contribution in [0.4, 0.5) is 0 Å². The molecule has 0 aliphatic heterocycles. The number of rotatable bonds is 6. The van der Waals surface area contributed by atoms with Gasteiger partial charge in [0.15, 0.2) is 0 Å². The van der Waals surface area contributed by atoms with Gasteiger partial charge in [-0.05, 0) is 36.3 Å². The van der Waals surface area contributed by atoms with Crippen LogP contribution in [0.1, 0.15) is 43.7 Å². The lowest BCUT2D eigenvalue weighted by Crippen LogP contribution is -2.47. The van der Waals surface area contributed by atoms with E-state index in [0.29, 0.717) is 12.5 Å². The van der Waals surface area contributed by atoms with E-state index in [1.807, 2.05) is 19.9 Å². The molecule has 1 aromatic rings. The summed E-state index contributed by atoms with van der Waals surface area (Å²) in [6, 6.07) is 7.85. The Morgan fingerprint density at radius 1 is 1.26 bits per heavy atom. The number of aryl methyl sites for hydroxylation is 1. The molecule has 1 aromatic carbocycles. The third-order valence-electron chi connectivity index (χ3n) is 4.48. The molecule has 0 fully saturated rings. The van der Waals surface area contributed by atoms with Gasteiger partial charge < -0.3 is 16.4 Å². The van der Waals surface area contributed by atoms with Crippen molar-refractivity contribution in [3.8, 4) is 0 Å². The number of hydrogen-bond donors (Lipinski definition) is 3. The molecule has 0 heterocycles. The number of benzene rings is 1. The molecule has 0 spiro atoms. The highest BCUT2D eigenvalue weighted by molar-refractivity contribution is 5.87. The Labute approximate surface area is 138 Å². The van der Waals surface area contributed by atoms with Gasteiger partial charge in [-0.15, -0.1) is 0 Å². The summed E-state index contributed by atoms with van der Waals surface area (Å²) in [7, 11) is 0. The molecule has 23 heavy (non-hydrogen) atoms. The fourth-order valence-corrected chi connectivity index (χ4v) is 2.95. The summed E-state index contributed by atoms with van der Waals surface area (Å²) in [6.07, 6.45) is 3.35. The summed E-state index contributed by atoms with van der Waals surface area (Å²) < 4.78 is 0. The van der Waals surface area contributed by atoms with Crippen molar-refractivity contribution < 1.29 is 9.59 Å². The second kappa shape index (κ2) is 8.11. The van der Waals surface area contributed by atoms with Crippen molar-refractivity contribution in [1.29, 1.82) is 0 Å². The molecule has 5 nitrogen and oxygen atoms in total. The van der Waals surface area contributed by atoms with Gasteiger partial charge in [0.25, 0.3) is 0 Å². The fraction of sp³-hybridized carbons (Fsp3) is 0.556. The van der Waals surface area contributed by atoms with Gasteiger partial charge >= 0.3 is 0 Å². The van der Waals surface area contributed by atoms with Crippen LogP contribution in [0.2, 0.25) is 0 Å². The Kier molecular flexibility index (Phi) is 6.16. The molecule has 0 saturated heterocycles. The molecule has 4 N–H and O–H groups in total. The van der Waals surface area contributed by atoms with E-state index in [2.05, 4.69) is 28.8 Å². The Morgan fingerprint density at radius 2 is 2.00 bits per heavy atom. The molecule has 1 aliphatic carbocycles. The number of hydrogen-bond acceptors (Lipinski definition) is 3. The number of nitrogens with two attached hydrogens (primary N) is 1. The van der Waals surface area contributed by atoms with Crippen LogP contribution in [0.3, 0.4) is 0 Å². The van der Waals surface area contributed by atoms with Crippen molar-refractivity contribution >= 4 is 11.8 Å². The maximum absolute atomic E-state index is 11.9. The molecule has 0 bridgehead atoms. The first-order valence-electron chi connectivity index (χ1n) is 8.37. The van der Waals surface area contributed by atoms with Crippen LogP contribution in [0.25, 0.3) is 0 Å². The monoisotopic (exact) mass is 317 g/mol. The van der Waals surface area contributed by atoms with E-state index < -0.39 is 6.04 Å². The maximum atomic E-state index is 11.9. The van der Waals surface area contributed by atoms with Gasteiger partial charge in [-0.2, -0.15) is 0 Å². The molecule has 5 heteroatoms. The molecular weight excluding hydrogens is 290 g/mol. The minimum absolute atomic E-state index is 0.0202. The second-order valence-electron chi connectivity index (χ2n) is 6.58. The zero-order valence-electron chi connectivity index (χ0n) is 14.0. The third-order valence-corrected chi connectivity index (χ3v) is 4.48. The standard InChI is InChI=1S/C18H27N3O2/c1-12(2)17(19)18(23)21-11-16(22)20-10-14-8-5-7-13-6-3-4-9-15(13)14/h3-4,6,9,12,14,17H,5,7-8,10-11,19H2,1-2H3,(H,20,22)(H,21,23)/t14?,17-/m0/s1. The molecule has 2 rings (SSSR count). The molecule has 126 valence electrons. The predicted octanol–water partition coefficient (Wildman–Crippen LogP) is 1.32. The van der Waals surface area contributed by atoms with Crippen molar-refractivity contribution in [3.63, 3.8) is 0 Å². The SMILES string of the molecule is CC(C)[C@H](N)C(=O)NCC(=O)NCC1CCCc2ccccc21. The first-order valence-corrected chi connectivity index (χ1v) is 8.37. The number of nitrogens with one attached hydrogen (secondary N) is 2. The number of fused-ring (bicyclic) bond motifs is 1. The van der Waals surface area contributed by atoms with Gasteiger partial charge in [-0.1, -0.05) is 38.1 Å². The minimum atomic E-state index is -0.576. The Morgan fingerprint density at radius 3 is 2.74 bits per heavy atom. The van der Waals surface area contributed by atoms with E-state index in [1.54, 1.807) is 0 Å². The fourth-order valence-electron chi connectivity index (χ4n) is 2.95. The smallest absolute Gasteiger partial charge is 0.239 e. The predicted molar refractivity (Wildman–Crippen MR) is 91.0 cm³/mol. The highest BCUT2D eigenvalue weighted by Crippen LogP contribution is 2.30. The van der Waals surface area contributed by atoms with Gasteiger partial charge in [0.2, 0.25) is 11.8 Å². The second-order valence-corrected chi connectivity index (χ2v) is 6.58. The highest BCUT2D eigenvalue weighted by atomic mass is 16.2. The molecule has 0 saturated carbocycles. The average molecular weight is 317 g/mol. The summed E-state index contributed by atoms with van der Waals surface area (Å²) in [5.41, 5.74) is 8.47. The topological polar surface area (TPSA) is 84.2 Å². The highest BCUT2D eigenvalue weighted by Gasteiger charge is 2.21. The molecule has 2 amide bonds. The number of amides is 2. The maximum Gasteiger partial charge on any atom is 0.239 e. The van der Waals surface area contributed by atoms with Gasteiger partial charge in [0, 0.05) is 12.5 Å². The first-order chi connectivity index (χ1) is 11.0. The van der Waals surface area contributed by atoms with Crippen molar-refractivity contribution in [2.75, 3.05) is 13.1 Å². The zero-order chi connectivity index (χ0) is 16.8. The van der Waals surface area contributed by atoms with Gasteiger partial charge in [-0.25, -0.2) is 0 Å². The molecule has 0 radical (unpaired) electrons. The largest absolute Gasteiger partial charge is 0.354 e. The minimum Gasteiger partial charge on any atom is -0.354 e.